The van der Waals surface area contributed by atoms with Crippen molar-refractivity contribution in [3.8, 4) is 11.3 Å². The highest BCUT2D eigenvalue weighted by molar-refractivity contribution is 6.30. The zero-order valence-electron chi connectivity index (χ0n) is 17.2. The largest absolute Gasteiger partial charge is 0.331 e. The van der Waals surface area contributed by atoms with Gasteiger partial charge in [0.05, 0.1) is 11.4 Å². The van der Waals surface area contributed by atoms with Crippen LogP contribution in [0.15, 0.2) is 42.7 Å². The number of rotatable bonds is 3. The van der Waals surface area contributed by atoms with Gasteiger partial charge in [0, 0.05) is 68.8 Å². The highest BCUT2D eigenvalue weighted by Crippen LogP contribution is 2.33. The first kappa shape index (κ1) is 19.3. The van der Waals surface area contributed by atoms with Crippen molar-refractivity contribution in [2.45, 2.75) is 31.5 Å². The summed E-state index contributed by atoms with van der Waals surface area (Å²) in [6.07, 6.45) is 5.92. The molecule has 2 atom stereocenters. The number of hydrogen-bond donors (Lipinski definition) is 0. The third-order valence-corrected chi connectivity index (χ3v) is 6.41. The van der Waals surface area contributed by atoms with E-state index < -0.39 is 0 Å². The number of fused-ring (bicyclic) bond motifs is 3. The van der Waals surface area contributed by atoms with Gasteiger partial charge >= 0.3 is 6.03 Å². The van der Waals surface area contributed by atoms with Crippen molar-refractivity contribution in [3.05, 3.63) is 53.4 Å². The monoisotopic (exact) mass is 424 g/mol. The average molecular weight is 425 g/mol. The summed E-state index contributed by atoms with van der Waals surface area (Å²) in [6, 6.07) is 10.4. The molecule has 30 heavy (non-hydrogen) atoms. The number of amides is 2. The normalized spacial score (nSPS) is 21.4. The van der Waals surface area contributed by atoms with Gasteiger partial charge in [0.15, 0.2) is 0 Å². The molecule has 2 aliphatic rings. The molecular weight excluding hydrogens is 400 g/mol. The first-order chi connectivity index (χ1) is 14.5. The van der Waals surface area contributed by atoms with E-state index in [9.17, 15) is 4.79 Å². The van der Waals surface area contributed by atoms with Crippen LogP contribution in [0.3, 0.4) is 0 Å². The van der Waals surface area contributed by atoms with Crippen LogP contribution < -0.4 is 0 Å². The van der Waals surface area contributed by atoms with E-state index in [1.165, 1.54) is 0 Å². The molecule has 2 aromatic heterocycles. The van der Waals surface area contributed by atoms with Gasteiger partial charge in [-0.2, -0.15) is 0 Å². The lowest BCUT2D eigenvalue weighted by atomic mass is 10.1. The summed E-state index contributed by atoms with van der Waals surface area (Å²) in [5.74, 6) is 0.696. The highest BCUT2D eigenvalue weighted by atomic mass is 35.5. The molecule has 156 valence electrons. The lowest BCUT2D eigenvalue weighted by molar-refractivity contribution is 0.0718. The number of likely N-dealkylation sites (tertiary alicyclic amines) is 1. The molecule has 4 heterocycles. The van der Waals surface area contributed by atoms with Crippen LogP contribution in [-0.2, 0) is 6.54 Å². The smallest absolute Gasteiger partial charge is 0.320 e. The number of urea groups is 1. The molecule has 1 aromatic carbocycles. The zero-order valence-corrected chi connectivity index (χ0v) is 18.0. The fraction of sp³-hybridized carbons (Fsp3) is 0.409. The molecule has 2 unspecified atom stereocenters. The van der Waals surface area contributed by atoms with Gasteiger partial charge in [-0.3, -0.25) is 9.30 Å². The lowest BCUT2D eigenvalue weighted by Crippen LogP contribution is -2.57. The Bertz CT molecular complexity index is 1060. The van der Waals surface area contributed by atoms with Gasteiger partial charge in [0.1, 0.15) is 0 Å². The van der Waals surface area contributed by atoms with Crippen molar-refractivity contribution in [2.24, 2.45) is 0 Å². The van der Waals surface area contributed by atoms with Gasteiger partial charge in [-0.25, -0.2) is 14.8 Å². The molecule has 0 N–H and O–H groups in total. The van der Waals surface area contributed by atoms with Crippen molar-refractivity contribution < 1.29 is 4.79 Å². The summed E-state index contributed by atoms with van der Waals surface area (Å²) in [7, 11) is 3.66. The Morgan fingerprint density at radius 3 is 2.53 bits per heavy atom. The maximum absolute atomic E-state index is 12.6. The molecule has 2 saturated heterocycles. The minimum absolute atomic E-state index is 0.128. The summed E-state index contributed by atoms with van der Waals surface area (Å²) in [6.45, 7) is 2.52. The Morgan fingerprint density at radius 1 is 1.17 bits per heavy atom. The molecule has 8 heteroatoms. The Kier molecular flexibility index (Phi) is 4.87. The van der Waals surface area contributed by atoms with Gasteiger partial charge in [-0.15, -0.1) is 0 Å². The predicted molar refractivity (Wildman–Crippen MR) is 116 cm³/mol. The van der Waals surface area contributed by atoms with Gasteiger partial charge < -0.3 is 9.80 Å². The maximum Gasteiger partial charge on any atom is 0.320 e. The number of halogens is 1. The summed E-state index contributed by atoms with van der Waals surface area (Å²) in [4.78, 5) is 28.1. The van der Waals surface area contributed by atoms with E-state index in [-0.39, 0.29) is 18.1 Å². The quantitative estimate of drug-likeness (QED) is 0.646. The summed E-state index contributed by atoms with van der Waals surface area (Å²) < 4.78 is 2.07. The standard InChI is InChI=1S/C22H25ClN6O/c1-26(2)22(30)29-17-8-9-18(29)13-27(12-17)14-19-20(15-4-6-16(23)7-5-15)25-21-24-10-3-11-28(19)21/h3-7,10-11,17-18H,8-9,12-14H2,1-2H3. The number of imidazole rings is 1. The van der Waals surface area contributed by atoms with Gasteiger partial charge in [0.2, 0.25) is 5.78 Å². The first-order valence-electron chi connectivity index (χ1n) is 10.3. The van der Waals surface area contributed by atoms with Gasteiger partial charge in [-0.05, 0) is 31.0 Å². The van der Waals surface area contributed by atoms with Crippen LogP contribution in [0.1, 0.15) is 18.5 Å². The number of benzene rings is 1. The number of aromatic nitrogens is 3. The molecule has 7 nitrogen and oxygen atoms in total. The van der Waals surface area contributed by atoms with Crippen molar-refractivity contribution in [2.75, 3.05) is 27.2 Å². The van der Waals surface area contributed by atoms with Crippen LogP contribution in [0.5, 0.6) is 0 Å². The molecule has 3 aromatic rings. The third kappa shape index (κ3) is 3.32. The molecule has 2 aliphatic heterocycles. The van der Waals surface area contributed by atoms with Crippen molar-refractivity contribution >= 4 is 23.4 Å². The van der Waals surface area contributed by atoms with Gasteiger partial charge in [-0.1, -0.05) is 23.7 Å². The summed E-state index contributed by atoms with van der Waals surface area (Å²) >= 11 is 6.09. The minimum atomic E-state index is 0.128. The van der Waals surface area contributed by atoms with E-state index in [1.807, 2.05) is 50.6 Å². The molecule has 2 amide bonds. The number of nitrogens with zero attached hydrogens (tertiary/aromatic N) is 6. The summed E-state index contributed by atoms with van der Waals surface area (Å²) in [5, 5.41) is 0.709. The van der Waals surface area contributed by atoms with Crippen molar-refractivity contribution in [1.29, 1.82) is 0 Å². The van der Waals surface area contributed by atoms with E-state index in [1.54, 1.807) is 11.1 Å². The highest BCUT2D eigenvalue weighted by Gasteiger charge is 2.43. The Labute approximate surface area is 180 Å². The third-order valence-electron chi connectivity index (χ3n) is 6.15. The van der Waals surface area contributed by atoms with Crippen molar-refractivity contribution in [1.82, 2.24) is 29.1 Å². The fourth-order valence-corrected chi connectivity index (χ4v) is 4.93. The van der Waals surface area contributed by atoms with Crippen molar-refractivity contribution in [3.63, 3.8) is 0 Å². The average Bonchev–Trinajstić information content (AvgIpc) is 3.23. The van der Waals surface area contributed by atoms with Crippen LogP contribution in [0.4, 0.5) is 4.79 Å². The molecular formula is C22H25ClN6O. The Balaban J connectivity index is 1.46. The van der Waals surface area contributed by atoms with Gasteiger partial charge in [0.25, 0.3) is 0 Å². The maximum atomic E-state index is 12.6. The van der Waals surface area contributed by atoms with Crippen LogP contribution in [-0.4, -0.2) is 74.4 Å². The number of carbonyl (C=O) groups excluding carboxylic acids is 1. The second-order valence-corrected chi connectivity index (χ2v) is 8.80. The van der Waals surface area contributed by atoms with Crippen LogP contribution in [0.25, 0.3) is 17.0 Å². The molecule has 0 saturated carbocycles. The topological polar surface area (TPSA) is 57.0 Å². The summed E-state index contributed by atoms with van der Waals surface area (Å²) in [5.41, 5.74) is 3.08. The number of carbonyl (C=O) groups is 1. The second kappa shape index (κ2) is 7.56. The zero-order chi connectivity index (χ0) is 20.8. The van der Waals surface area contributed by atoms with E-state index in [2.05, 4.69) is 19.2 Å². The number of piperazine rings is 1. The molecule has 0 radical (unpaired) electrons. The van der Waals surface area contributed by atoms with Crippen LogP contribution >= 0.6 is 11.6 Å². The minimum Gasteiger partial charge on any atom is -0.331 e. The molecule has 5 rings (SSSR count). The van der Waals surface area contributed by atoms with E-state index >= 15 is 0 Å². The number of hydrogen-bond acceptors (Lipinski definition) is 4. The Morgan fingerprint density at radius 2 is 1.87 bits per heavy atom. The molecule has 2 fully saturated rings. The molecule has 2 bridgehead atoms. The predicted octanol–water partition coefficient (Wildman–Crippen LogP) is 3.38. The van der Waals surface area contributed by atoms with E-state index in [0.717, 1.165) is 49.4 Å². The molecule has 0 spiro atoms. The van der Waals surface area contributed by atoms with Crippen LogP contribution in [0.2, 0.25) is 5.02 Å². The van der Waals surface area contributed by atoms with E-state index in [0.29, 0.717) is 10.8 Å². The van der Waals surface area contributed by atoms with Crippen LogP contribution in [0, 0.1) is 0 Å². The molecule has 0 aliphatic carbocycles. The Hall–Kier alpha value is -2.64. The second-order valence-electron chi connectivity index (χ2n) is 8.37. The SMILES string of the molecule is CN(C)C(=O)N1C2CCC1CN(Cc1c(-c3ccc(Cl)cc3)nc3ncccn13)C2. The first-order valence-corrected chi connectivity index (χ1v) is 10.7. The lowest BCUT2D eigenvalue weighted by Gasteiger charge is -2.42. The van der Waals surface area contributed by atoms with E-state index in [4.69, 9.17) is 16.6 Å². The fourth-order valence-electron chi connectivity index (χ4n) is 4.80.